The van der Waals surface area contributed by atoms with Crippen molar-refractivity contribution in [3.8, 4) is 39.5 Å². The Morgan fingerprint density at radius 1 is 0.438 bits per heavy atom. The van der Waals surface area contributed by atoms with Gasteiger partial charge in [-0.1, -0.05) is 140 Å². The summed E-state index contributed by atoms with van der Waals surface area (Å²) in [5.74, 6) is 0.736. The first-order valence-electron chi connectivity index (χ1n) is 16.5. The van der Waals surface area contributed by atoms with E-state index in [0.29, 0.717) is 0 Å². The minimum atomic E-state index is -0.468. The molecule has 0 saturated carbocycles. The van der Waals surface area contributed by atoms with Crippen molar-refractivity contribution in [3.63, 3.8) is 0 Å². The molecule has 1 unspecified atom stereocenters. The molecule has 0 fully saturated rings. The fraction of sp³-hybridized carbons (Fsp3) is 0.0222. The Hall–Kier alpha value is -6.32. The Morgan fingerprint density at radius 2 is 1.12 bits per heavy atom. The van der Waals surface area contributed by atoms with Gasteiger partial charge >= 0.3 is 0 Å². The van der Waals surface area contributed by atoms with Crippen LogP contribution in [0.4, 0.5) is 0 Å². The van der Waals surface area contributed by atoms with E-state index < -0.39 is 5.41 Å². The molecule has 9 aromatic rings. The topological polar surface area (TPSA) is 30.7 Å². The molecule has 7 aromatic carbocycles. The van der Waals surface area contributed by atoms with E-state index in [1.807, 2.05) is 6.07 Å². The van der Waals surface area contributed by atoms with Crippen molar-refractivity contribution >= 4 is 32.7 Å². The second kappa shape index (κ2) is 9.37. The van der Waals surface area contributed by atoms with Crippen molar-refractivity contribution in [3.05, 3.63) is 186 Å². The summed E-state index contributed by atoms with van der Waals surface area (Å²) < 4.78 is 2.49. The lowest BCUT2D eigenvalue weighted by atomic mass is 9.65. The number of hydrogen-bond donors (Lipinski definition) is 0. The Morgan fingerprint density at radius 3 is 2.04 bits per heavy atom. The SMILES string of the molecule is c1ccc(-c2nc(-c3ccc4c(c3)-c3ccccc3C43c4ccccc4-n4c5ccccc5c5cccc3c54)nc3ccccc23)cc1. The van der Waals surface area contributed by atoms with Crippen LogP contribution in [0.2, 0.25) is 0 Å². The van der Waals surface area contributed by atoms with E-state index >= 15 is 0 Å². The third kappa shape index (κ3) is 3.18. The largest absolute Gasteiger partial charge is 0.309 e. The van der Waals surface area contributed by atoms with Crippen LogP contribution in [0.1, 0.15) is 22.3 Å². The lowest BCUT2D eigenvalue weighted by Gasteiger charge is -2.39. The van der Waals surface area contributed by atoms with Gasteiger partial charge in [-0.3, -0.25) is 0 Å². The first-order chi connectivity index (χ1) is 23.8. The van der Waals surface area contributed by atoms with Crippen LogP contribution >= 0.6 is 0 Å². The number of nitrogens with zero attached hydrogens (tertiary/aromatic N) is 3. The Kier molecular flexibility index (Phi) is 5.04. The Balaban J connectivity index is 1.22. The summed E-state index contributed by atoms with van der Waals surface area (Å²) in [4.78, 5) is 10.4. The number of benzene rings is 7. The van der Waals surface area contributed by atoms with Gasteiger partial charge in [-0.2, -0.15) is 0 Å². The van der Waals surface area contributed by atoms with Crippen molar-refractivity contribution in [1.82, 2.24) is 14.5 Å². The molecule has 3 heteroatoms. The molecule has 3 heterocycles. The smallest absolute Gasteiger partial charge is 0.160 e. The monoisotopic (exact) mass is 609 g/mol. The van der Waals surface area contributed by atoms with E-state index in [1.54, 1.807) is 0 Å². The second-order valence-corrected chi connectivity index (χ2v) is 12.9. The summed E-state index contributed by atoms with van der Waals surface area (Å²) >= 11 is 0. The number of fused-ring (bicyclic) bond motifs is 13. The molecular weight excluding hydrogens is 583 g/mol. The van der Waals surface area contributed by atoms with Crippen LogP contribution in [0.3, 0.4) is 0 Å². The van der Waals surface area contributed by atoms with Crippen LogP contribution in [0.15, 0.2) is 164 Å². The molecule has 1 aliphatic carbocycles. The first-order valence-corrected chi connectivity index (χ1v) is 16.5. The predicted molar refractivity (Wildman–Crippen MR) is 196 cm³/mol. The Bertz CT molecular complexity index is 2790. The zero-order chi connectivity index (χ0) is 31.4. The van der Waals surface area contributed by atoms with Gasteiger partial charge in [0.25, 0.3) is 0 Å². The standard InChI is InChI=1S/C45H27N3/c1-2-13-28(14-3-1)42-33-17-5-9-22-39(33)46-44(47-42)29-25-26-36-34(27-29)30-15-4-7-19-35(30)45(36)37-20-8-11-24-41(37)48-40-23-10-6-16-31(40)32-18-12-21-38(45)43(32)48/h1-27H. The average Bonchev–Trinajstić information content (AvgIpc) is 3.65. The number of aromatic nitrogens is 3. The van der Waals surface area contributed by atoms with Gasteiger partial charge in [-0.25, -0.2) is 9.97 Å². The highest BCUT2D eigenvalue weighted by Crippen LogP contribution is 2.61. The molecule has 222 valence electrons. The maximum Gasteiger partial charge on any atom is 0.160 e. The highest BCUT2D eigenvalue weighted by molar-refractivity contribution is 6.13. The fourth-order valence-corrected chi connectivity index (χ4v) is 8.73. The highest BCUT2D eigenvalue weighted by Gasteiger charge is 2.50. The molecule has 0 N–H and O–H groups in total. The van der Waals surface area contributed by atoms with Crippen LogP contribution in [0.5, 0.6) is 0 Å². The summed E-state index contributed by atoms with van der Waals surface area (Å²) in [6, 6.07) is 59.3. The van der Waals surface area contributed by atoms with Gasteiger partial charge in [-0.15, -0.1) is 0 Å². The third-order valence-corrected chi connectivity index (χ3v) is 10.6. The van der Waals surface area contributed by atoms with Crippen molar-refractivity contribution in [1.29, 1.82) is 0 Å². The maximum atomic E-state index is 5.23. The second-order valence-electron chi connectivity index (χ2n) is 12.9. The quantitative estimate of drug-likeness (QED) is 0.195. The van der Waals surface area contributed by atoms with Crippen molar-refractivity contribution < 1.29 is 0 Å². The number of hydrogen-bond acceptors (Lipinski definition) is 2. The van der Waals surface area contributed by atoms with Crippen LogP contribution in [0, 0.1) is 0 Å². The van der Waals surface area contributed by atoms with Crippen molar-refractivity contribution in [2.75, 3.05) is 0 Å². The van der Waals surface area contributed by atoms with Gasteiger partial charge in [0.2, 0.25) is 0 Å². The normalized spacial score (nSPS) is 15.6. The molecular formula is C45H27N3. The van der Waals surface area contributed by atoms with Crippen LogP contribution < -0.4 is 0 Å². The molecule has 11 rings (SSSR count). The van der Waals surface area contributed by atoms with E-state index in [9.17, 15) is 0 Å². The zero-order valence-corrected chi connectivity index (χ0v) is 25.9. The molecule has 0 radical (unpaired) electrons. The molecule has 2 aliphatic rings. The van der Waals surface area contributed by atoms with E-state index in [2.05, 4.69) is 162 Å². The van der Waals surface area contributed by atoms with Gasteiger partial charge in [0.1, 0.15) is 0 Å². The van der Waals surface area contributed by atoms with Crippen molar-refractivity contribution in [2.45, 2.75) is 5.41 Å². The molecule has 0 bridgehead atoms. The van der Waals surface area contributed by atoms with Gasteiger partial charge in [0.15, 0.2) is 5.82 Å². The molecule has 0 amide bonds. The summed E-state index contributed by atoms with van der Waals surface area (Å²) in [5.41, 5.74) is 15.0. The number of rotatable bonds is 2. The minimum absolute atomic E-state index is 0.468. The van der Waals surface area contributed by atoms with Crippen LogP contribution in [-0.4, -0.2) is 14.5 Å². The van der Waals surface area contributed by atoms with Gasteiger partial charge < -0.3 is 4.57 Å². The summed E-state index contributed by atoms with van der Waals surface area (Å²) in [6.45, 7) is 0. The molecule has 3 nitrogen and oxygen atoms in total. The van der Waals surface area contributed by atoms with E-state index in [-0.39, 0.29) is 0 Å². The molecule has 1 aliphatic heterocycles. The molecule has 1 spiro atoms. The van der Waals surface area contributed by atoms with Gasteiger partial charge in [0.05, 0.1) is 33.3 Å². The lowest BCUT2D eigenvalue weighted by molar-refractivity contribution is 0.748. The average molecular weight is 610 g/mol. The molecule has 48 heavy (non-hydrogen) atoms. The highest BCUT2D eigenvalue weighted by atomic mass is 15.0. The fourth-order valence-electron chi connectivity index (χ4n) is 8.73. The maximum absolute atomic E-state index is 5.23. The Labute approximate surface area is 277 Å². The predicted octanol–water partition coefficient (Wildman–Crippen LogP) is 10.7. The van der Waals surface area contributed by atoms with E-state index in [4.69, 9.17) is 9.97 Å². The first kappa shape index (κ1) is 25.8. The summed E-state index contributed by atoms with van der Waals surface area (Å²) in [6.07, 6.45) is 0. The molecule has 0 saturated heterocycles. The summed E-state index contributed by atoms with van der Waals surface area (Å²) in [7, 11) is 0. The van der Waals surface area contributed by atoms with Gasteiger partial charge in [0, 0.05) is 27.3 Å². The van der Waals surface area contributed by atoms with E-state index in [1.165, 1.54) is 60.9 Å². The van der Waals surface area contributed by atoms with E-state index in [0.717, 1.165) is 33.5 Å². The van der Waals surface area contributed by atoms with Gasteiger partial charge in [-0.05, 0) is 57.6 Å². The van der Waals surface area contributed by atoms with Crippen LogP contribution in [0.25, 0.3) is 72.2 Å². The summed E-state index contributed by atoms with van der Waals surface area (Å²) in [5, 5.41) is 3.63. The minimum Gasteiger partial charge on any atom is -0.309 e. The zero-order valence-electron chi connectivity index (χ0n) is 25.9. The third-order valence-electron chi connectivity index (χ3n) is 10.6. The molecule has 1 atom stereocenters. The molecule has 2 aromatic heterocycles. The van der Waals surface area contributed by atoms with Crippen molar-refractivity contribution in [2.24, 2.45) is 0 Å². The lowest BCUT2D eigenvalue weighted by Crippen LogP contribution is -2.33. The van der Waals surface area contributed by atoms with Crippen LogP contribution in [-0.2, 0) is 5.41 Å². The number of para-hydroxylation sites is 4.